The van der Waals surface area contributed by atoms with E-state index in [1.54, 1.807) is 28.3 Å². The van der Waals surface area contributed by atoms with E-state index in [1.807, 2.05) is 0 Å². The van der Waals surface area contributed by atoms with Crippen LogP contribution in [-0.2, 0) is 10.0 Å². The molecule has 1 aromatic heterocycles. The molecular weight excluding hydrogens is 481 g/mol. The van der Waals surface area contributed by atoms with E-state index < -0.39 is 16.1 Å². The number of allylic oxidation sites excluding steroid dienone is 1. The summed E-state index contributed by atoms with van der Waals surface area (Å²) in [5.74, 6) is 0. The molecule has 3 rings (SSSR count). The number of anilines is 1. The van der Waals surface area contributed by atoms with Crippen molar-refractivity contribution < 1.29 is 13.2 Å². The first-order chi connectivity index (χ1) is 14.7. The molecule has 2 amide bonds. The van der Waals surface area contributed by atoms with Crippen LogP contribution in [0.5, 0.6) is 0 Å². The van der Waals surface area contributed by atoms with E-state index in [4.69, 9.17) is 28.9 Å². The van der Waals surface area contributed by atoms with E-state index in [0.717, 1.165) is 0 Å². The molecule has 0 atom stereocenters. The number of rotatable bonds is 6. The first kappa shape index (κ1) is 22.6. The lowest BCUT2D eigenvalue weighted by Crippen LogP contribution is -2.34. The van der Waals surface area contributed by atoms with Crippen molar-refractivity contribution in [2.24, 2.45) is 5.73 Å². The number of hydrogen-bond acceptors (Lipinski definition) is 7. The lowest BCUT2D eigenvalue weighted by Gasteiger charge is -2.06. The second-order valence-corrected chi connectivity index (χ2v) is 9.35. The van der Waals surface area contributed by atoms with Gasteiger partial charge in [-0.15, -0.1) is 11.3 Å². The van der Waals surface area contributed by atoms with Crippen molar-refractivity contribution in [2.75, 3.05) is 5.32 Å². The summed E-state index contributed by atoms with van der Waals surface area (Å²) in [4.78, 5) is 15.1. The van der Waals surface area contributed by atoms with Crippen molar-refractivity contribution in [2.45, 2.75) is 4.90 Å². The summed E-state index contributed by atoms with van der Waals surface area (Å²) in [5, 5.41) is 15.6. The van der Waals surface area contributed by atoms with Crippen LogP contribution in [0, 0.1) is 11.3 Å². The van der Waals surface area contributed by atoms with Gasteiger partial charge in [0, 0.05) is 27.9 Å². The van der Waals surface area contributed by atoms with E-state index in [1.165, 1.54) is 41.8 Å². The van der Waals surface area contributed by atoms with Crippen molar-refractivity contribution in [1.29, 1.82) is 5.26 Å². The zero-order chi connectivity index (χ0) is 22.6. The molecule has 8 nitrogen and oxygen atoms in total. The fourth-order valence-corrected chi connectivity index (χ4v) is 4.61. The first-order valence-corrected chi connectivity index (χ1v) is 11.5. The Morgan fingerprint density at radius 3 is 2.52 bits per heavy atom. The molecule has 0 saturated heterocycles. The van der Waals surface area contributed by atoms with Crippen molar-refractivity contribution in [3.8, 4) is 17.3 Å². The summed E-state index contributed by atoms with van der Waals surface area (Å²) in [6.07, 6.45) is 1.46. The summed E-state index contributed by atoms with van der Waals surface area (Å²) in [7, 11) is -4.03. The van der Waals surface area contributed by atoms with E-state index in [9.17, 15) is 18.5 Å². The van der Waals surface area contributed by atoms with Crippen molar-refractivity contribution in [1.82, 2.24) is 9.71 Å². The predicted molar refractivity (Wildman–Crippen MR) is 121 cm³/mol. The van der Waals surface area contributed by atoms with Gasteiger partial charge in [0.2, 0.25) is 0 Å². The Bertz CT molecular complexity index is 1310. The molecule has 0 saturated carbocycles. The minimum absolute atomic E-state index is 0.134. The van der Waals surface area contributed by atoms with E-state index >= 15 is 0 Å². The number of halogens is 2. The topological polar surface area (TPSA) is 138 Å². The highest BCUT2D eigenvalue weighted by Crippen LogP contribution is 2.32. The predicted octanol–water partition coefficient (Wildman–Crippen LogP) is 4.45. The van der Waals surface area contributed by atoms with E-state index in [0.29, 0.717) is 32.0 Å². The molecular formula is C19H13Cl2N5O3S2. The van der Waals surface area contributed by atoms with Crippen LogP contribution in [0.1, 0.15) is 5.01 Å². The summed E-state index contributed by atoms with van der Waals surface area (Å²) in [5.41, 5.74) is 6.95. The van der Waals surface area contributed by atoms with Crippen LogP contribution in [0.25, 0.3) is 16.8 Å². The van der Waals surface area contributed by atoms with Gasteiger partial charge in [0.15, 0.2) is 0 Å². The number of amides is 2. The number of aromatic nitrogens is 1. The van der Waals surface area contributed by atoms with Gasteiger partial charge in [0.1, 0.15) is 16.6 Å². The SMILES string of the molecule is N#C/C(=C\Nc1ccc(S(=O)(=O)NC(N)=O)cc1)c1nc(-c2ccc(Cl)cc2Cl)cs1. The average molecular weight is 494 g/mol. The molecule has 0 aliphatic carbocycles. The van der Waals surface area contributed by atoms with Gasteiger partial charge in [-0.1, -0.05) is 23.2 Å². The Morgan fingerprint density at radius 1 is 1.19 bits per heavy atom. The molecule has 2 aromatic carbocycles. The second-order valence-electron chi connectivity index (χ2n) is 5.97. The minimum atomic E-state index is -4.03. The summed E-state index contributed by atoms with van der Waals surface area (Å²) in [6, 6.07) is 11.5. The number of urea groups is 1. The standard InChI is InChI=1S/C19H13Cl2N5O3S2/c20-12-1-6-15(16(21)7-12)17-10-30-18(25-17)11(8-22)9-24-13-2-4-14(5-3-13)31(28,29)26-19(23)27/h1-7,9-10,24H,(H3,23,26,27)/b11-9+. The van der Waals surface area contributed by atoms with Crippen LogP contribution >= 0.6 is 34.5 Å². The third kappa shape index (κ3) is 5.53. The van der Waals surface area contributed by atoms with E-state index in [2.05, 4.69) is 16.4 Å². The van der Waals surface area contributed by atoms with Gasteiger partial charge >= 0.3 is 6.03 Å². The number of hydrogen-bond donors (Lipinski definition) is 3. The van der Waals surface area contributed by atoms with E-state index in [-0.39, 0.29) is 10.5 Å². The maximum absolute atomic E-state index is 11.9. The molecule has 0 unspecified atom stereocenters. The summed E-state index contributed by atoms with van der Waals surface area (Å²) in [6.45, 7) is 0. The summed E-state index contributed by atoms with van der Waals surface area (Å²) >= 11 is 13.4. The van der Waals surface area contributed by atoms with Crippen LogP contribution in [0.2, 0.25) is 10.0 Å². The highest BCUT2D eigenvalue weighted by atomic mass is 35.5. The van der Waals surface area contributed by atoms with Crippen LogP contribution in [0.4, 0.5) is 10.5 Å². The Labute approximate surface area is 192 Å². The number of benzene rings is 2. The Morgan fingerprint density at radius 2 is 1.90 bits per heavy atom. The largest absolute Gasteiger partial charge is 0.360 e. The third-order valence-corrected chi connectivity index (χ3v) is 6.63. The van der Waals surface area contributed by atoms with Gasteiger partial charge in [0.25, 0.3) is 10.0 Å². The molecule has 0 aliphatic heterocycles. The van der Waals surface area contributed by atoms with Gasteiger partial charge in [-0.2, -0.15) is 5.26 Å². The molecule has 12 heteroatoms. The number of carbonyl (C=O) groups is 1. The zero-order valence-electron chi connectivity index (χ0n) is 15.5. The highest BCUT2D eigenvalue weighted by Gasteiger charge is 2.15. The number of nitrogens with zero attached hydrogens (tertiary/aromatic N) is 2. The molecule has 0 bridgehead atoms. The van der Waals surface area contributed by atoms with Gasteiger partial charge in [-0.3, -0.25) is 0 Å². The van der Waals surface area contributed by atoms with Gasteiger partial charge in [-0.05, 0) is 42.5 Å². The Hall–Kier alpha value is -3.10. The number of primary amides is 1. The molecule has 0 aliphatic rings. The fraction of sp³-hybridized carbons (Fsp3) is 0. The average Bonchev–Trinajstić information content (AvgIpc) is 3.17. The molecule has 158 valence electrons. The maximum Gasteiger partial charge on any atom is 0.326 e. The number of carbonyl (C=O) groups excluding carboxylic acids is 1. The highest BCUT2D eigenvalue weighted by molar-refractivity contribution is 7.90. The molecule has 0 spiro atoms. The van der Waals surface area contributed by atoms with Crippen molar-refractivity contribution in [3.05, 3.63) is 69.1 Å². The van der Waals surface area contributed by atoms with Crippen molar-refractivity contribution in [3.63, 3.8) is 0 Å². The normalized spacial score (nSPS) is 11.6. The lowest BCUT2D eigenvalue weighted by atomic mass is 10.2. The van der Waals surface area contributed by atoms with Crippen LogP contribution in [0.15, 0.2) is 58.9 Å². The molecule has 0 radical (unpaired) electrons. The first-order valence-electron chi connectivity index (χ1n) is 8.40. The maximum atomic E-state index is 11.9. The van der Waals surface area contributed by atoms with Crippen LogP contribution in [0.3, 0.4) is 0 Å². The fourth-order valence-electron chi connectivity index (χ4n) is 2.44. The lowest BCUT2D eigenvalue weighted by molar-refractivity contribution is 0.253. The number of thiazole rings is 1. The monoisotopic (exact) mass is 493 g/mol. The smallest absolute Gasteiger partial charge is 0.326 e. The number of nitrogens with one attached hydrogen (secondary N) is 2. The Balaban J connectivity index is 1.78. The Kier molecular flexibility index (Phi) is 6.82. The quantitative estimate of drug-likeness (QED) is 0.433. The molecule has 0 fully saturated rings. The number of nitriles is 1. The molecule has 31 heavy (non-hydrogen) atoms. The zero-order valence-corrected chi connectivity index (χ0v) is 18.6. The minimum Gasteiger partial charge on any atom is -0.360 e. The number of nitrogens with two attached hydrogens (primary N) is 1. The second kappa shape index (κ2) is 9.36. The van der Waals surface area contributed by atoms with Gasteiger partial charge in [0.05, 0.1) is 15.6 Å². The summed E-state index contributed by atoms with van der Waals surface area (Å²) < 4.78 is 25.5. The van der Waals surface area contributed by atoms with Crippen LogP contribution < -0.4 is 15.8 Å². The van der Waals surface area contributed by atoms with Crippen LogP contribution in [-0.4, -0.2) is 19.4 Å². The third-order valence-electron chi connectivity index (χ3n) is 3.84. The van der Waals surface area contributed by atoms with Gasteiger partial charge < -0.3 is 11.1 Å². The van der Waals surface area contributed by atoms with Crippen molar-refractivity contribution >= 4 is 61.9 Å². The molecule has 1 heterocycles. The number of sulfonamides is 1. The molecule has 3 aromatic rings. The van der Waals surface area contributed by atoms with Gasteiger partial charge in [-0.25, -0.2) is 22.9 Å². The molecule has 4 N–H and O–H groups in total.